The van der Waals surface area contributed by atoms with Crippen LogP contribution < -0.4 is 5.32 Å². The molecule has 0 saturated heterocycles. The standard InChI is InChI=1S/C15H28N2O5/c1-10(2)6-9-22-12(4)14(19)17(11(3)15(20)21)8-7-16-13(5)18/h10-12H,6-9H2,1-5H3,(H,16,18)(H,20,21). The largest absolute Gasteiger partial charge is 0.480 e. The molecule has 0 fully saturated rings. The summed E-state index contributed by atoms with van der Waals surface area (Å²) in [6.45, 7) is 9.32. The second kappa shape index (κ2) is 10.2. The van der Waals surface area contributed by atoms with Gasteiger partial charge in [-0.2, -0.15) is 0 Å². The lowest BCUT2D eigenvalue weighted by atomic mass is 10.1. The molecule has 0 bridgehead atoms. The minimum atomic E-state index is -1.09. The number of carboxylic acids is 1. The predicted molar refractivity (Wildman–Crippen MR) is 82.4 cm³/mol. The Hall–Kier alpha value is -1.63. The van der Waals surface area contributed by atoms with Gasteiger partial charge >= 0.3 is 5.97 Å². The highest BCUT2D eigenvalue weighted by molar-refractivity contribution is 5.86. The molecule has 0 heterocycles. The quantitative estimate of drug-likeness (QED) is 0.623. The fourth-order valence-electron chi connectivity index (χ4n) is 1.77. The van der Waals surface area contributed by atoms with Crippen molar-refractivity contribution < 1.29 is 24.2 Å². The molecule has 0 aromatic carbocycles. The van der Waals surface area contributed by atoms with Crippen molar-refractivity contribution in [3.63, 3.8) is 0 Å². The third-order valence-corrected chi connectivity index (χ3v) is 3.25. The molecule has 128 valence electrons. The summed E-state index contributed by atoms with van der Waals surface area (Å²) in [7, 11) is 0. The first-order valence-corrected chi connectivity index (χ1v) is 7.56. The number of carbonyl (C=O) groups excluding carboxylic acids is 2. The minimum absolute atomic E-state index is 0.129. The first kappa shape index (κ1) is 20.4. The molecule has 2 amide bonds. The van der Waals surface area contributed by atoms with Crippen LogP contribution in [0.25, 0.3) is 0 Å². The van der Waals surface area contributed by atoms with Gasteiger partial charge in [0.1, 0.15) is 12.1 Å². The molecule has 0 rings (SSSR count). The number of nitrogens with one attached hydrogen (secondary N) is 1. The lowest BCUT2D eigenvalue weighted by Crippen LogP contribution is -2.50. The molecule has 22 heavy (non-hydrogen) atoms. The van der Waals surface area contributed by atoms with Crippen molar-refractivity contribution in [1.82, 2.24) is 10.2 Å². The van der Waals surface area contributed by atoms with Crippen molar-refractivity contribution in [1.29, 1.82) is 0 Å². The van der Waals surface area contributed by atoms with Crippen LogP contribution in [0, 0.1) is 5.92 Å². The maximum atomic E-state index is 12.4. The number of carbonyl (C=O) groups is 3. The summed E-state index contributed by atoms with van der Waals surface area (Å²) >= 11 is 0. The fraction of sp³-hybridized carbons (Fsp3) is 0.800. The molecule has 2 N–H and O–H groups in total. The second-order valence-corrected chi connectivity index (χ2v) is 5.72. The van der Waals surface area contributed by atoms with Gasteiger partial charge in [-0.1, -0.05) is 13.8 Å². The number of hydrogen-bond donors (Lipinski definition) is 2. The van der Waals surface area contributed by atoms with Gasteiger partial charge in [-0.05, 0) is 26.2 Å². The number of carboxylic acid groups (broad SMARTS) is 1. The third-order valence-electron chi connectivity index (χ3n) is 3.25. The van der Waals surface area contributed by atoms with Crippen LogP contribution in [0.2, 0.25) is 0 Å². The Labute approximate surface area is 132 Å². The molecule has 0 spiro atoms. The van der Waals surface area contributed by atoms with Gasteiger partial charge < -0.3 is 20.1 Å². The van der Waals surface area contributed by atoms with E-state index in [1.54, 1.807) is 6.92 Å². The molecular formula is C15H28N2O5. The summed E-state index contributed by atoms with van der Waals surface area (Å²) in [5.74, 6) is -1.23. The first-order chi connectivity index (χ1) is 10.2. The van der Waals surface area contributed by atoms with Crippen molar-refractivity contribution in [3.8, 4) is 0 Å². The molecule has 0 aliphatic carbocycles. The second-order valence-electron chi connectivity index (χ2n) is 5.72. The molecule has 0 aromatic heterocycles. The van der Waals surface area contributed by atoms with Crippen LogP contribution in [0.4, 0.5) is 0 Å². The van der Waals surface area contributed by atoms with Crippen LogP contribution in [0.5, 0.6) is 0 Å². The maximum absolute atomic E-state index is 12.4. The van der Waals surface area contributed by atoms with E-state index in [0.717, 1.165) is 6.42 Å². The molecule has 0 saturated carbocycles. The van der Waals surface area contributed by atoms with E-state index in [4.69, 9.17) is 9.84 Å². The van der Waals surface area contributed by atoms with E-state index in [1.165, 1.54) is 18.7 Å². The third kappa shape index (κ3) is 7.97. The molecule has 0 radical (unpaired) electrons. The topological polar surface area (TPSA) is 95.9 Å². The summed E-state index contributed by atoms with van der Waals surface area (Å²) in [5, 5.41) is 11.7. The van der Waals surface area contributed by atoms with Crippen LogP contribution >= 0.6 is 0 Å². The summed E-state index contributed by atoms with van der Waals surface area (Å²) in [5.41, 5.74) is 0. The van der Waals surface area contributed by atoms with Gasteiger partial charge in [-0.15, -0.1) is 0 Å². The van der Waals surface area contributed by atoms with Gasteiger partial charge in [-0.3, -0.25) is 9.59 Å². The Balaban J connectivity index is 4.65. The molecule has 0 aliphatic heterocycles. The predicted octanol–water partition coefficient (Wildman–Crippen LogP) is 0.875. The molecular weight excluding hydrogens is 288 g/mol. The van der Waals surface area contributed by atoms with Crippen molar-refractivity contribution in [2.45, 2.75) is 53.2 Å². The zero-order valence-electron chi connectivity index (χ0n) is 14.1. The van der Waals surface area contributed by atoms with Gasteiger partial charge in [0.2, 0.25) is 5.91 Å². The highest BCUT2D eigenvalue weighted by Crippen LogP contribution is 2.07. The number of amides is 2. The lowest BCUT2D eigenvalue weighted by molar-refractivity contribution is -0.154. The molecule has 7 heteroatoms. The van der Waals surface area contributed by atoms with E-state index in [1.807, 2.05) is 0 Å². The van der Waals surface area contributed by atoms with Gasteiger partial charge in [0, 0.05) is 26.6 Å². The minimum Gasteiger partial charge on any atom is -0.480 e. The summed E-state index contributed by atoms with van der Waals surface area (Å²) < 4.78 is 5.48. The average Bonchev–Trinajstić information content (AvgIpc) is 2.41. The highest BCUT2D eigenvalue weighted by Gasteiger charge is 2.29. The Morgan fingerprint density at radius 3 is 2.23 bits per heavy atom. The number of hydrogen-bond acceptors (Lipinski definition) is 4. The van der Waals surface area contributed by atoms with Gasteiger partial charge in [0.25, 0.3) is 5.91 Å². The van der Waals surface area contributed by atoms with E-state index >= 15 is 0 Å². The van der Waals surface area contributed by atoms with Gasteiger partial charge in [-0.25, -0.2) is 4.79 Å². The number of nitrogens with zero attached hydrogens (tertiary/aromatic N) is 1. The zero-order valence-corrected chi connectivity index (χ0v) is 14.1. The van der Waals surface area contributed by atoms with Crippen LogP contribution in [0.15, 0.2) is 0 Å². The smallest absolute Gasteiger partial charge is 0.326 e. The van der Waals surface area contributed by atoms with Crippen LogP contribution in [0.1, 0.15) is 41.0 Å². The van der Waals surface area contributed by atoms with Crippen LogP contribution in [0.3, 0.4) is 0 Å². The summed E-state index contributed by atoms with van der Waals surface area (Å²) in [6.07, 6.45) is 0.121. The average molecular weight is 316 g/mol. The summed E-state index contributed by atoms with van der Waals surface area (Å²) in [4.78, 5) is 35.6. The molecule has 2 unspecified atom stereocenters. The number of aliphatic carboxylic acids is 1. The number of rotatable bonds is 10. The fourth-order valence-corrected chi connectivity index (χ4v) is 1.77. The van der Waals surface area contributed by atoms with Crippen molar-refractivity contribution in [2.75, 3.05) is 19.7 Å². The molecule has 2 atom stereocenters. The van der Waals surface area contributed by atoms with E-state index < -0.39 is 18.1 Å². The van der Waals surface area contributed by atoms with Crippen molar-refractivity contribution >= 4 is 17.8 Å². The normalized spacial score (nSPS) is 13.5. The van der Waals surface area contributed by atoms with E-state index in [-0.39, 0.29) is 24.9 Å². The highest BCUT2D eigenvalue weighted by atomic mass is 16.5. The van der Waals surface area contributed by atoms with E-state index in [9.17, 15) is 14.4 Å². The molecule has 0 aromatic rings. The van der Waals surface area contributed by atoms with Crippen LogP contribution in [-0.4, -0.2) is 59.6 Å². The molecule has 7 nitrogen and oxygen atoms in total. The van der Waals surface area contributed by atoms with Crippen LogP contribution in [-0.2, 0) is 19.1 Å². The van der Waals surface area contributed by atoms with E-state index in [0.29, 0.717) is 12.5 Å². The zero-order chi connectivity index (χ0) is 17.3. The maximum Gasteiger partial charge on any atom is 0.326 e. The Morgan fingerprint density at radius 2 is 1.77 bits per heavy atom. The monoisotopic (exact) mass is 316 g/mol. The SMILES string of the molecule is CC(=O)NCCN(C(=O)C(C)OCCC(C)C)C(C)C(=O)O. The Morgan fingerprint density at radius 1 is 1.18 bits per heavy atom. The first-order valence-electron chi connectivity index (χ1n) is 7.56. The summed E-state index contributed by atoms with van der Waals surface area (Å²) in [6, 6.07) is -0.975. The molecule has 0 aliphatic rings. The number of ether oxygens (including phenoxy) is 1. The van der Waals surface area contributed by atoms with Crippen molar-refractivity contribution in [3.05, 3.63) is 0 Å². The van der Waals surface area contributed by atoms with E-state index in [2.05, 4.69) is 19.2 Å². The van der Waals surface area contributed by atoms with Crippen molar-refractivity contribution in [2.24, 2.45) is 5.92 Å². The van der Waals surface area contributed by atoms with Gasteiger partial charge in [0.15, 0.2) is 0 Å². The Bertz CT molecular complexity index is 384. The Kier molecular flexibility index (Phi) is 9.40. The lowest BCUT2D eigenvalue weighted by Gasteiger charge is -2.29. The van der Waals surface area contributed by atoms with Gasteiger partial charge in [0.05, 0.1) is 0 Å².